The smallest absolute Gasteiger partial charge is 0.180 e. The first kappa shape index (κ1) is 6.30. The van der Waals surface area contributed by atoms with Crippen LogP contribution in [0.25, 0.3) is 0 Å². The summed E-state index contributed by atoms with van der Waals surface area (Å²) in [6.07, 6.45) is 0. The van der Waals surface area contributed by atoms with Crippen LogP contribution in [0.2, 0.25) is 5.02 Å². The highest BCUT2D eigenvalue weighted by Gasteiger charge is 1.81. The molecule has 1 rings (SSSR count). The average molecular weight is 141 g/mol. The lowest BCUT2D eigenvalue weighted by molar-refractivity contribution is 1.68. The summed E-state index contributed by atoms with van der Waals surface area (Å²) in [5.41, 5.74) is -0.0648. The molecule has 0 amide bonds. The van der Waals surface area contributed by atoms with E-state index in [1.807, 2.05) is 0 Å². The van der Waals surface area contributed by atoms with Crippen LogP contribution >= 0.6 is 11.6 Å². The van der Waals surface area contributed by atoms with E-state index >= 15 is 0 Å². The Bertz CT molecular complexity index is 257. The lowest BCUT2D eigenvalue weighted by Gasteiger charge is -1.70. The van der Waals surface area contributed by atoms with Crippen LogP contribution in [-0.2, 0) is 0 Å². The van der Waals surface area contributed by atoms with Gasteiger partial charge in [-0.15, -0.1) is 0 Å². The number of rotatable bonds is 0. The van der Waals surface area contributed by atoms with Gasteiger partial charge in [-0.25, -0.2) is 0 Å². The normalized spacial score (nSPS) is 9.00. The summed E-state index contributed by atoms with van der Waals surface area (Å²) < 4.78 is 0. The van der Waals surface area contributed by atoms with Crippen LogP contribution in [0.5, 0.6) is 0 Å². The predicted molar refractivity (Wildman–Crippen MR) is 37.7 cm³/mol. The summed E-state index contributed by atoms with van der Waals surface area (Å²) in [6, 6.07) is 7.90. The van der Waals surface area contributed by atoms with E-state index in [-0.39, 0.29) is 5.43 Å². The molecule has 0 aliphatic heterocycles. The van der Waals surface area contributed by atoms with E-state index in [2.05, 4.69) is 0 Å². The van der Waals surface area contributed by atoms with Crippen LogP contribution in [-0.4, -0.2) is 0 Å². The van der Waals surface area contributed by atoms with Gasteiger partial charge in [0, 0.05) is 11.1 Å². The van der Waals surface area contributed by atoms with Crippen molar-refractivity contribution < 1.29 is 0 Å². The van der Waals surface area contributed by atoms with Crippen molar-refractivity contribution in [3.05, 3.63) is 45.6 Å². The van der Waals surface area contributed by atoms with Crippen LogP contribution in [0.3, 0.4) is 0 Å². The van der Waals surface area contributed by atoms with Gasteiger partial charge >= 0.3 is 0 Å². The van der Waals surface area contributed by atoms with Crippen molar-refractivity contribution >= 4 is 11.6 Å². The molecule has 0 fully saturated rings. The molecule has 0 atom stereocenters. The highest BCUT2D eigenvalue weighted by Crippen LogP contribution is 1.99. The quantitative estimate of drug-likeness (QED) is 0.536. The molecule has 1 nitrogen and oxygen atoms in total. The van der Waals surface area contributed by atoms with Crippen molar-refractivity contribution in [2.24, 2.45) is 0 Å². The summed E-state index contributed by atoms with van der Waals surface area (Å²) in [6.45, 7) is 0. The minimum absolute atomic E-state index is 0.0648. The van der Waals surface area contributed by atoms with Gasteiger partial charge in [-0.2, -0.15) is 0 Å². The third kappa shape index (κ3) is 1.86. The molecule has 0 radical (unpaired) electrons. The second kappa shape index (κ2) is 2.65. The van der Waals surface area contributed by atoms with Gasteiger partial charge in [-0.3, -0.25) is 4.79 Å². The third-order valence-electron chi connectivity index (χ3n) is 0.907. The molecule has 46 valence electrons. The first-order valence-corrected chi connectivity index (χ1v) is 2.93. The molecular weight excluding hydrogens is 136 g/mol. The Morgan fingerprint density at radius 3 is 2.67 bits per heavy atom. The SMILES string of the molecule is O=c1ccccc(Cl)c1. The monoisotopic (exact) mass is 140 g/mol. The van der Waals surface area contributed by atoms with E-state index in [9.17, 15) is 4.79 Å². The topological polar surface area (TPSA) is 17.1 Å². The fraction of sp³-hybridized carbons (Fsp3) is 0. The van der Waals surface area contributed by atoms with Crippen molar-refractivity contribution in [2.45, 2.75) is 0 Å². The first-order chi connectivity index (χ1) is 4.29. The van der Waals surface area contributed by atoms with E-state index in [4.69, 9.17) is 11.6 Å². The third-order valence-corrected chi connectivity index (χ3v) is 1.14. The molecule has 0 spiro atoms. The van der Waals surface area contributed by atoms with Crippen molar-refractivity contribution in [2.75, 3.05) is 0 Å². The molecule has 0 aliphatic carbocycles. The van der Waals surface area contributed by atoms with Crippen LogP contribution in [0.4, 0.5) is 0 Å². The number of halogens is 1. The summed E-state index contributed by atoms with van der Waals surface area (Å²) in [4.78, 5) is 10.6. The van der Waals surface area contributed by atoms with Gasteiger partial charge < -0.3 is 0 Å². The fourth-order valence-corrected chi connectivity index (χ4v) is 0.710. The zero-order chi connectivity index (χ0) is 6.69. The molecule has 9 heavy (non-hydrogen) atoms. The summed E-state index contributed by atoms with van der Waals surface area (Å²) >= 11 is 5.53. The minimum atomic E-state index is -0.0648. The molecular formula is C7H5ClO. The summed E-state index contributed by atoms with van der Waals surface area (Å²) in [5, 5.41) is 0.477. The Morgan fingerprint density at radius 1 is 1.22 bits per heavy atom. The standard InChI is InChI=1S/C7H5ClO/c8-6-3-1-2-4-7(9)5-6/h1-5H. The predicted octanol–water partition coefficient (Wildman–Crippen LogP) is 1.70. The van der Waals surface area contributed by atoms with Gasteiger partial charge in [0.15, 0.2) is 5.43 Å². The fourth-order valence-electron chi connectivity index (χ4n) is 0.530. The molecule has 0 aromatic heterocycles. The van der Waals surface area contributed by atoms with Gasteiger partial charge in [0.05, 0.1) is 0 Å². The molecule has 0 heterocycles. The van der Waals surface area contributed by atoms with Gasteiger partial charge in [0.25, 0.3) is 0 Å². The Labute approximate surface area is 57.9 Å². The maximum absolute atomic E-state index is 10.6. The Balaban J connectivity index is 3.37. The lowest BCUT2D eigenvalue weighted by Crippen LogP contribution is -1.88. The average Bonchev–Trinajstić information content (AvgIpc) is 1.93. The second-order valence-corrected chi connectivity index (χ2v) is 2.09. The zero-order valence-corrected chi connectivity index (χ0v) is 5.43. The minimum Gasteiger partial charge on any atom is -0.290 e. The Morgan fingerprint density at radius 2 is 1.89 bits per heavy atom. The zero-order valence-electron chi connectivity index (χ0n) is 4.67. The van der Waals surface area contributed by atoms with Gasteiger partial charge in [-0.1, -0.05) is 23.7 Å². The molecule has 0 N–H and O–H groups in total. The molecule has 0 saturated carbocycles. The van der Waals surface area contributed by atoms with Crippen LogP contribution in [0.15, 0.2) is 35.1 Å². The molecule has 1 aromatic carbocycles. The summed E-state index contributed by atoms with van der Waals surface area (Å²) in [5.74, 6) is 0. The molecule has 0 aliphatic rings. The highest BCUT2D eigenvalue weighted by atomic mass is 35.5. The maximum Gasteiger partial charge on any atom is 0.180 e. The summed E-state index contributed by atoms with van der Waals surface area (Å²) in [7, 11) is 0. The molecule has 2 heteroatoms. The second-order valence-electron chi connectivity index (χ2n) is 1.65. The van der Waals surface area contributed by atoms with Crippen molar-refractivity contribution in [3.8, 4) is 0 Å². The molecule has 1 aromatic rings. The molecule has 0 unspecified atom stereocenters. The van der Waals surface area contributed by atoms with Crippen molar-refractivity contribution in [1.29, 1.82) is 0 Å². The van der Waals surface area contributed by atoms with E-state index in [1.165, 1.54) is 12.1 Å². The highest BCUT2D eigenvalue weighted by molar-refractivity contribution is 6.30. The van der Waals surface area contributed by atoms with Crippen LogP contribution in [0.1, 0.15) is 0 Å². The van der Waals surface area contributed by atoms with Gasteiger partial charge in [0.1, 0.15) is 0 Å². The van der Waals surface area contributed by atoms with Gasteiger partial charge in [0.2, 0.25) is 0 Å². The lowest BCUT2D eigenvalue weighted by atomic mass is 10.5. The van der Waals surface area contributed by atoms with Gasteiger partial charge in [-0.05, 0) is 12.1 Å². The number of hydrogen-bond donors (Lipinski definition) is 0. The Hall–Kier alpha value is -0.820. The van der Waals surface area contributed by atoms with E-state index in [0.717, 1.165) is 0 Å². The van der Waals surface area contributed by atoms with Crippen LogP contribution in [0, 0.1) is 0 Å². The maximum atomic E-state index is 10.6. The molecule has 0 saturated heterocycles. The van der Waals surface area contributed by atoms with Crippen LogP contribution < -0.4 is 5.43 Å². The van der Waals surface area contributed by atoms with Crippen molar-refractivity contribution in [1.82, 2.24) is 0 Å². The number of hydrogen-bond acceptors (Lipinski definition) is 1. The molecule has 0 bridgehead atoms. The Kier molecular flexibility index (Phi) is 1.85. The van der Waals surface area contributed by atoms with E-state index in [1.54, 1.807) is 18.2 Å². The van der Waals surface area contributed by atoms with E-state index < -0.39 is 0 Å². The van der Waals surface area contributed by atoms with E-state index in [0.29, 0.717) is 5.02 Å². The first-order valence-electron chi connectivity index (χ1n) is 2.55. The largest absolute Gasteiger partial charge is 0.290 e. The van der Waals surface area contributed by atoms with Crippen molar-refractivity contribution in [3.63, 3.8) is 0 Å².